The summed E-state index contributed by atoms with van der Waals surface area (Å²) >= 11 is 19.1. The van der Waals surface area contributed by atoms with Crippen LogP contribution in [0.1, 0.15) is 11.1 Å². The molecule has 0 aromatic heterocycles. The Labute approximate surface area is 221 Å². The van der Waals surface area contributed by atoms with Gasteiger partial charge in [0, 0.05) is 15.6 Å². The predicted octanol–water partition coefficient (Wildman–Crippen LogP) is 6.76. The SMILES string of the molecule is O=C1NC(=O)N(c2ccccc2)C(=O)/C1=C/c1cc(Br)c(OCc2ccc(Cl)cc2Cl)c(Br)c1. The third kappa shape index (κ3) is 5.20. The fourth-order valence-electron chi connectivity index (χ4n) is 3.23. The molecule has 1 saturated heterocycles. The van der Waals surface area contributed by atoms with Crippen LogP contribution in [-0.2, 0) is 16.2 Å². The molecular weight excluding hydrogens is 611 g/mol. The molecule has 3 aromatic carbocycles. The van der Waals surface area contributed by atoms with Gasteiger partial charge in [0.2, 0.25) is 0 Å². The maximum Gasteiger partial charge on any atom is 0.335 e. The van der Waals surface area contributed by atoms with Crippen LogP contribution in [0.4, 0.5) is 10.5 Å². The van der Waals surface area contributed by atoms with E-state index in [0.717, 1.165) is 10.5 Å². The van der Waals surface area contributed by atoms with Crippen LogP contribution >= 0.6 is 55.1 Å². The molecule has 6 nitrogen and oxygen atoms in total. The summed E-state index contributed by atoms with van der Waals surface area (Å²) in [5.74, 6) is -0.981. The molecule has 172 valence electrons. The van der Waals surface area contributed by atoms with Crippen LogP contribution in [0.15, 0.2) is 75.2 Å². The van der Waals surface area contributed by atoms with Crippen LogP contribution in [0.2, 0.25) is 10.0 Å². The van der Waals surface area contributed by atoms with Crippen molar-refractivity contribution < 1.29 is 19.1 Å². The largest absolute Gasteiger partial charge is 0.486 e. The van der Waals surface area contributed by atoms with Crippen molar-refractivity contribution in [3.8, 4) is 5.75 Å². The van der Waals surface area contributed by atoms with E-state index in [2.05, 4.69) is 37.2 Å². The van der Waals surface area contributed by atoms with Crippen molar-refractivity contribution in [2.45, 2.75) is 6.61 Å². The number of halogens is 4. The second-order valence-corrected chi connectivity index (χ2v) is 9.68. The lowest BCUT2D eigenvalue weighted by Crippen LogP contribution is -2.54. The number of barbiturate groups is 1. The second-order valence-electron chi connectivity index (χ2n) is 7.13. The van der Waals surface area contributed by atoms with Gasteiger partial charge in [0.15, 0.2) is 0 Å². The van der Waals surface area contributed by atoms with Gasteiger partial charge in [-0.1, -0.05) is 47.5 Å². The number of para-hydroxylation sites is 1. The highest BCUT2D eigenvalue weighted by Gasteiger charge is 2.36. The zero-order chi connectivity index (χ0) is 24.4. The first kappa shape index (κ1) is 24.5. The van der Waals surface area contributed by atoms with Crippen LogP contribution in [0, 0.1) is 0 Å². The first-order chi connectivity index (χ1) is 16.2. The first-order valence-corrected chi connectivity index (χ1v) is 12.1. The van der Waals surface area contributed by atoms with Crippen molar-refractivity contribution >= 4 is 84.7 Å². The highest BCUT2D eigenvalue weighted by molar-refractivity contribution is 9.11. The van der Waals surface area contributed by atoms with E-state index in [9.17, 15) is 14.4 Å². The zero-order valence-electron chi connectivity index (χ0n) is 17.2. The van der Waals surface area contributed by atoms with E-state index >= 15 is 0 Å². The van der Waals surface area contributed by atoms with E-state index in [-0.39, 0.29) is 12.2 Å². The molecule has 1 aliphatic heterocycles. The number of anilines is 1. The summed E-state index contributed by atoms with van der Waals surface area (Å²) in [6, 6.07) is 16.1. The number of imide groups is 2. The highest BCUT2D eigenvalue weighted by atomic mass is 79.9. The van der Waals surface area contributed by atoms with E-state index in [0.29, 0.717) is 36.0 Å². The van der Waals surface area contributed by atoms with Crippen molar-refractivity contribution in [3.63, 3.8) is 0 Å². The van der Waals surface area contributed by atoms with E-state index in [4.69, 9.17) is 27.9 Å². The molecule has 0 radical (unpaired) electrons. The van der Waals surface area contributed by atoms with Gasteiger partial charge in [0.25, 0.3) is 11.8 Å². The lowest BCUT2D eigenvalue weighted by molar-refractivity contribution is -0.122. The molecule has 1 fully saturated rings. The molecular formula is C24H14Br2Cl2N2O4. The molecule has 3 aromatic rings. The van der Waals surface area contributed by atoms with Gasteiger partial charge in [-0.15, -0.1) is 0 Å². The second kappa shape index (κ2) is 10.3. The van der Waals surface area contributed by atoms with Crippen molar-refractivity contribution in [1.29, 1.82) is 0 Å². The number of ether oxygens (including phenoxy) is 1. The molecule has 0 aliphatic carbocycles. The number of amides is 4. The Morgan fingerprint density at radius 3 is 2.26 bits per heavy atom. The monoisotopic (exact) mass is 622 g/mol. The van der Waals surface area contributed by atoms with Gasteiger partial charge in [-0.3, -0.25) is 14.9 Å². The lowest BCUT2D eigenvalue weighted by Gasteiger charge is -2.26. The topological polar surface area (TPSA) is 75.7 Å². The van der Waals surface area contributed by atoms with Crippen molar-refractivity contribution in [1.82, 2.24) is 5.32 Å². The lowest BCUT2D eigenvalue weighted by atomic mass is 10.1. The van der Waals surface area contributed by atoms with Crippen LogP contribution < -0.4 is 15.0 Å². The highest BCUT2D eigenvalue weighted by Crippen LogP contribution is 2.37. The van der Waals surface area contributed by atoms with Crippen LogP contribution in [0.25, 0.3) is 6.08 Å². The summed E-state index contributed by atoms with van der Waals surface area (Å²) in [5.41, 5.74) is 1.47. The summed E-state index contributed by atoms with van der Waals surface area (Å²) in [6.07, 6.45) is 1.41. The van der Waals surface area contributed by atoms with E-state index in [1.54, 1.807) is 60.7 Å². The third-order valence-corrected chi connectivity index (χ3v) is 6.60. The van der Waals surface area contributed by atoms with Gasteiger partial charge in [-0.2, -0.15) is 0 Å². The fraction of sp³-hybridized carbons (Fsp3) is 0.0417. The van der Waals surface area contributed by atoms with Crippen molar-refractivity contribution in [2.75, 3.05) is 4.90 Å². The molecule has 0 unspecified atom stereocenters. The van der Waals surface area contributed by atoms with Gasteiger partial charge in [-0.25, -0.2) is 9.69 Å². The minimum absolute atomic E-state index is 0.177. The molecule has 1 aliphatic rings. The predicted molar refractivity (Wildman–Crippen MR) is 138 cm³/mol. The third-order valence-electron chi connectivity index (χ3n) is 4.83. The molecule has 10 heteroatoms. The zero-order valence-corrected chi connectivity index (χ0v) is 21.8. The average molecular weight is 625 g/mol. The van der Waals surface area contributed by atoms with Gasteiger partial charge in [0.05, 0.1) is 14.6 Å². The summed E-state index contributed by atoms with van der Waals surface area (Å²) in [6.45, 7) is 0.197. The van der Waals surface area contributed by atoms with Crippen molar-refractivity contribution in [2.24, 2.45) is 0 Å². The normalized spacial score (nSPS) is 15.0. The van der Waals surface area contributed by atoms with Gasteiger partial charge < -0.3 is 4.74 Å². The molecule has 0 saturated carbocycles. The smallest absolute Gasteiger partial charge is 0.335 e. The molecule has 0 atom stereocenters. The molecule has 0 spiro atoms. The Morgan fingerprint density at radius 1 is 0.941 bits per heavy atom. The number of hydrogen-bond acceptors (Lipinski definition) is 4. The molecule has 4 amide bonds. The molecule has 4 rings (SSSR count). The molecule has 0 bridgehead atoms. The molecule has 1 heterocycles. The minimum atomic E-state index is -0.801. The summed E-state index contributed by atoms with van der Waals surface area (Å²) in [4.78, 5) is 38.7. The number of nitrogens with zero attached hydrogens (tertiary/aromatic N) is 1. The summed E-state index contributed by atoms with van der Waals surface area (Å²) < 4.78 is 7.07. The average Bonchev–Trinajstić information content (AvgIpc) is 2.78. The van der Waals surface area contributed by atoms with E-state index in [1.807, 2.05) is 0 Å². The van der Waals surface area contributed by atoms with E-state index < -0.39 is 17.8 Å². The number of carbonyl (C=O) groups excluding carboxylic acids is 3. The van der Waals surface area contributed by atoms with Gasteiger partial charge in [-0.05, 0) is 79.9 Å². The maximum absolute atomic E-state index is 13.0. The van der Waals surface area contributed by atoms with Crippen LogP contribution in [0.5, 0.6) is 5.75 Å². The van der Waals surface area contributed by atoms with Crippen molar-refractivity contribution in [3.05, 3.63) is 96.4 Å². The van der Waals surface area contributed by atoms with Crippen LogP contribution in [0.3, 0.4) is 0 Å². The number of hydrogen-bond donors (Lipinski definition) is 1. The number of rotatable bonds is 5. The summed E-state index contributed by atoms with van der Waals surface area (Å²) in [5, 5.41) is 3.22. The quantitative estimate of drug-likeness (QED) is 0.251. The Balaban J connectivity index is 1.60. The van der Waals surface area contributed by atoms with Gasteiger partial charge >= 0.3 is 6.03 Å². The van der Waals surface area contributed by atoms with Gasteiger partial charge in [0.1, 0.15) is 17.9 Å². The van der Waals surface area contributed by atoms with Crippen LogP contribution in [-0.4, -0.2) is 17.8 Å². The fourth-order valence-corrected chi connectivity index (χ4v) is 5.14. The Hall–Kier alpha value is -2.65. The first-order valence-electron chi connectivity index (χ1n) is 9.77. The minimum Gasteiger partial charge on any atom is -0.486 e. The number of nitrogens with one attached hydrogen (secondary N) is 1. The maximum atomic E-state index is 13.0. The van der Waals surface area contributed by atoms with E-state index in [1.165, 1.54) is 6.08 Å². The number of urea groups is 1. The number of benzene rings is 3. The Bertz CT molecular complexity index is 1320. The standard InChI is InChI=1S/C24H14Br2Cl2N2O4/c25-18-9-13(10-19(26)21(18)34-12-14-6-7-15(27)11-20(14)28)8-17-22(31)29-24(33)30(23(17)32)16-4-2-1-3-5-16/h1-11H,12H2,(H,29,31,33)/b17-8+. The Kier molecular flexibility index (Phi) is 7.42. The molecule has 34 heavy (non-hydrogen) atoms. The molecule has 1 N–H and O–H groups in total. The number of carbonyl (C=O) groups is 3. The Morgan fingerprint density at radius 2 is 1.62 bits per heavy atom. The summed E-state index contributed by atoms with van der Waals surface area (Å²) in [7, 11) is 0.